The number of nitrogens with one attached hydrogen (secondary N) is 1. The van der Waals surface area contributed by atoms with Crippen molar-refractivity contribution in [2.75, 3.05) is 0 Å². The maximum atomic E-state index is 10.4. The quantitative estimate of drug-likeness (QED) is 0.439. The molecule has 0 aromatic rings. The van der Waals surface area contributed by atoms with Gasteiger partial charge in [0.2, 0.25) is 0 Å². The van der Waals surface area contributed by atoms with E-state index in [1.54, 1.807) is 6.08 Å². The fourth-order valence-electron chi connectivity index (χ4n) is 1.59. The predicted molar refractivity (Wildman–Crippen MR) is 67.7 cm³/mol. The van der Waals surface area contributed by atoms with Crippen LogP contribution in [0.1, 0.15) is 44.9 Å². The third-order valence-corrected chi connectivity index (χ3v) is 2.52. The van der Waals surface area contributed by atoms with E-state index in [1.165, 1.54) is 19.3 Å². The summed E-state index contributed by atoms with van der Waals surface area (Å²) < 4.78 is 0. The minimum Gasteiger partial charge on any atom is -0.465 e. The molecule has 0 spiro atoms. The molecule has 3 nitrogen and oxygen atoms in total. The molecule has 0 aromatic carbocycles. The number of carboxylic acid groups (broad SMARTS) is 1. The minimum absolute atomic E-state index is 0.106. The molecule has 0 aliphatic heterocycles. The van der Waals surface area contributed by atoms with Crippen molar-refractivity contribution in [3.8, 4) is 0 Å². The summed E-state index contributed by atoms with van der Waals surface area (Å²) in [5, 5.41) is 11.0. The fourth-order valence-corrected chi connectivity index (χ4v) is 1.59. The van der Waals surface area contributed by atoms with Gasteiger partial charge in [0.1, 0.15) is 0 Å². The first-order valence-electron chi connectivity index (χ1n) is 5.93. The van der Waals surface area contributed by atoms with Crippen LogP contribution in [-0.4, -0.2) is 17.2 Å². The lowest BCUT2D eigenvalue weighted by Crippen LogP contribution is -2.31. The van der Waals surface area contributed by atoms with E-state index in [4.69, 9.17) is 5.11 Å². The Bertz CT molecular complexity index is 214. The molecule has 92 valence electrons. The summed E-state index contributed by atoms with van der Waals surface area (Å²) in [6.07, 6.45) is 10.4. The second-order valence-corrected chi connectivity index (χ2v) is 3.93. The summed E-state index contributed by atoms with van der Waals surface area (Å²) in [6, 6.07) is -0.106. The lowest BCUT2D eigenvalue weighted by molar-refractivity contribution is 0.191. The summed E-state index contributed by atoms with van der Waals surface area (Å²) in [5.41, 5.74) is 0. The lowest BCUT2D eigenvalue weighted by Gasteiger charge is -2.11. The molecule has 0 saturated heterocycles. The van der Waals surface area contributed by atoms with Crippen LogP contribution < -0.4 is 5.32 Å². The van der Waals surface area contributed by atoms with Crippen LogP contribution in [0.5, 0.6) is 0 Å². The molecule has 0 heterocycles. The van der Waals surface area contributed by atoms with Crippen LogP contribution in [0.2, 0.25) is 0 Å². The van der Waals surface area contributed by atoms with Crippen molar-refractivity contribution in [3.05, 3.63) is 25.3 Å². The number of hydrogen-bond acceptors (Lipinski definition) is 1. The summed E-state index contributed by atoms with van der Waals surface area (Å²) in [6.45, 7) is 7.30. The van der Waals surface area contributed by atoms with Crippen LogP contribution in [0.15, 0.2) is 25.3 Å². The Kier molecular flexibility index (Phi) is 9.47. The van der Waals surface area contributed by atoms with Gasteiger partial charge in [0.15, 0.2) is 0 Å². The Labute approximate surface area is 98.2 Å². The standard InChI is InChI=1S/C13H23NO2/c1-3-5-6-7-8-9-10-11-12(4-2)14-13(15)16/h3-4,12,14H,1-2,5-11H2,(H,15,16). The van der Waals surface area contributed by atoms with Crippen LogP contribution >= 0.6 is 0 Å². The van der Waals surface area contributed by atoms with Crippen molar-refractivity contribution in [1.29, 1.82) is 0 Å². The monoisotopic (exact) mass is 225 g/mol. The van der Waals surface area contributed by atoms with Gasteiger partial charge < -0.3 is 10.4 Å². The molecule has 0 saturated carbocycles. The highest BCUT2D eigenvalue weighted by Gasteiger charge is 2.05. The molecule has 1 unspecified atom stereocenters. The second-order valence-electron chi connectivity index (χ2n) is 3.93. The van der Waals surface area contributed by atoms with Gasteiger partial charge in [0.25, 0.3) is 0 Å². The van der Waals surface area contributed by atoms with Crippen molar-refractivity contribution in [1.82, 2.24) is 5.32 Å². The first-order valence-corrected chi connectivity index (χ1v) is 5.93. The van der Waals surface area contributed by atoms with Crippen molar-refractivity contribution >= 4 is 6.09 Å². The molecule has 0 rings (SSSR count). The van der Waals surface area contributed by atoms with E-state index in [0.717, 1.165) is 25.7 Å². The van der Waals surface area contributed by atoms with E-state index in [-0.39, 0.29) is 6.04 Å². The highest BCUT2D eigenvalue weighted by molar-refractivity contribution is 5.65. The number of amides is 1. The van der Waals surface area contributed by atoms with Gasteiger partial charge in [0, 0.05) is 0 Å². The molecule has 16 heavy (non-hydrogen) atoms. The van der Waals surface area contributed by atoms with Crippen molar-refractivity contribution in [3.63, 3.8) is 0 Å². The van der Waals surface area contributed by atoms with Gasteiger partial charge in [-0.15, -0.1) is 13.2 Å². The fraction of sp³-hybridized carbons (Fsp3) is 0.615. The maximum absolute atomic E-state index is 10.4. The van der Waals surface area contributed by atoms with Gasteiger partial charge in [-0.1, -0.05) is 37.8 Å². The van der Waals surface area contributed by atoms with Gasteiger partial charge in [-0.2, -0.15) is 0 Å². The Morgan fingerprint density at radius 2 is 1.81 bits per heavy atom. The molecule has 0 aliphatic carbocycles. The van der Waals surface area contributed by atoms with Gasteiger partial charge >= 0.3 is 6.09 Å². The largest absolute Gasteiger partial charge is 0.465 e. The number of unbranched alkanes of at least 4 members (excludes halogenated alkanes) is 5. The zero-order valence-corrected chi connectivity index (χ0v) is 9.95. The molecule has 1 amide bonds. The molecule has 3 heteroatoms. The van der Waals surface area contributed by atoms with Crippen molar-refractivity contribution in [2.24, 2.45) is 0 Å². The molecule has 0 aliphatic rings. The maximum Gasteiger partial charge on any atom is 0.405 e. The molecular weight excluding hydrogens is 202 g/mol. The summed E-state index contributed by atoms with van der Waals surface area (Å²) in [5.74, 6) is 0. The van der Waals surface area contributed by atoms with E-state index in [0.29, 0.717) is 0 Å². The molecule has 0 fully saturated rings. The van der Waals surface area contributed by atoms with Gasteiger partial charge in [-0.25, -0.2) is 4.79 Å². The van der Waals surface area contributed by atoms with Crippen LogP contribution in [0.4, 0.5) is 4.79 Å². The molecular formula is C13H23NO2. The Balaban J connectivity index is 3.37. The van der Waals surface area contributed by atoms with Gasteiger partial charge in [-0.3, -0.25) is 0 Å². The Morgan fingerprint density at radius 3 is 2.38 bits per heavy atom. The van der Waals surface area contributed by atoms with Gasteiger partial charge in [0.05, 0.1) is 6.04 Å². The van der Waals surface area contributed by atoms with Crippen molar-refractivity contribution in [2.45, 2.75) is 51.0 Å². The Hall–Kier alpha value is -1.25. The van der Waals surface area contributed by atoms with E-state index in [9.17, 15) is 4.79 Å². The molecule has 0 radical (unpaired) electrons. The SMILES string of the molecule is C=CCCCCCCCC(C=C)NC(=O)O. The zero-order chi connectivity index (χ0) is 12.2. The summed E-state index contributed by atoms with van der Waals surface area (Å²) in [4.78, 5) is 10.4. The molecule has 0 aromatic heterocycles. The lowest BCUT2D eigenvalue weighted by atomic mass is 10.1. The van der Waals surface area contributed by atoms with Gasteiger partial charge in [-0.05, 0) is 19.3 Å². The smallest absolute Gasteiger partial charge is 0.405 e. The van der Waals surface area contributed by atoms with Crippen LogP contribution in [0, 0.1) is 0 Å². The number of allylic oxidation sites excluding steroid dienone is 1. The number of hydrogen-bond donors (Lipinski definition) is 2. The number of rotatable bonds is 10. The van der Waals surface area contributed by atoms with E-state index in [1.807, 2.05) is 6.08 Å². The van der Waals surface area contributed by atoms with E-state index < -0.39 is 6.09 Å². The topological polar surface area (TPSA) is 49.3 Å². The van der Waals surface area contributed by atoms with E-state index in [2.05, 4.69) is 18.5 Å². The molecule has 2 N–H and O–H groups in total. The average Bonchev–Trinajstić information content (AvgIpc) is 2.25. The molecule has 0 bridgehead atoms. The highest BCUT2D eigenvalue weighted by atomic mass is 16.4. The Morgan fingerprint density at radius 1 is 1.19 bits per heavy atom. The van der Waals surface area contributed by atoms with Crippen LogP contribution in [-0.2, 0) is 0 Å². The number of carbonyl (C=O) groups is 1. The summed E-state index contributed by atoms with van der Waals surface area (Å²) in [7, 11) is 0. The third-order valence-electron chi connectivity index (χ3n) is 2.52. The predicted octanol–water partition coefficient (Wildman–Crippen LogP) is 3.73. The minimum atomic E-state index is -0.976. The third kappa shape index (κ3) is 9.31. The first-order chi connectivity index (χ1) is 7.70. The summed E-state index contributed by atoms with van der Waals surface area (Å²) >= 11 is 0. The molecule has 1 atom stereocenters. The normalized spacial score (nSPS) is 11.8. The average molecular weight is 225 g/mol. The van der Waals surface area contributed by atoms with Crippen LogP contribution in [0.3, 0.4) is 0 Å². The van der Waals surface area contributed by atoms with E-state index >= 15 is 0 Å². The van der Waals surface area contributed by atoms with Crippen molar-refractivity contribution < 1.29 is 9.90 Å². The first kappa shape index (κ1) is 14.8. The highest BCUT2D eigenvalue weighted by Crippen LogP contribution is 2.09. The zero-order valence-electron chi connectivity index (χ0n) is 9.95. The van der Waals surface area contributed by atoms with Crippen LogP contribution in [0.25, 0.3) is 0 Å². The second kappa shape index (κ2) is 10.3.